The number of anilines is 2. The van der Waals surface area contributed by atoms with Gasteiger partial charge in [-0.2, -0.15) is 0 Å². The van der Waals surface area contributed by atoms with Gasteiger partial charge in [-0.1, -0.05) is 23.8 Å². The highest BCUT2D eigenvalue weighted by Crippen LogP contribution is 2.24. The van der Waals surface area contributed by atoms with Gasteiger partial charge in [0.25, 0.3) is 0 Å². The highest BCUT2D eigenvalue weighted by atomic mass is 15.3. The van der Waals surface area contributed by atoms with E-state index in [9.17, 15) is 0 Å². The van der Waals surface area contributed by atoms with Crippen LogP contribution in [0, 0.1) is 20.8 Å². The Labute approximate surface area is 160 Å². The first-order valence-corrected chi connectivity index (χ1v) is 9.57. The fourth-order valence-electron chi connectivity index (χ4n) is 3.79. The monoisotopic (exact) mass is 361 g/mol. The Bertz CT molecular complexity index is 974. The zero-order chi connectivity index (χ0) is 19.0. The van der Waals surface area contributed by atoms with Gasteiger partial charge in [0.15, 0.2) is 0 Å². The number of hydrogen-bond acceptors (Lipinski definition) is 5. The van der Waals surface area contributed by atoms with Crippen LogP contribution >= 0.6 is 0 Å². The van der Waals surface area contributed by atoms with Crippen LogP contribution in [0.15, 0.2) is 36.4 Å². The average Bonchev–Trinajstić information content (AvgIpc) is 2.65. The first kappa shape index (κ1) is 17.7. The van der Waals surface area contributed by atoms with Crippen molar-refractivity contribution >= 4 is 22.4 Å². The van der Waals surface area contributed by atoms with Gasteiger partial charge in [0, 0.05) is 37.3 Å². The van der Waals surface area contributed by atoms with Crippen LogP contribution in [-0.2, 0) is 6.54 Å². The number of fused-ring (bicyclic) bond motifs is 1. The molecule has 27 heavy (non-hydrogen) atoms. The van der Waals surface area contributed by atoms with Crippen molar-refractivity contribution in [3.05, 3.63) is 58.9 Å². The standard InChI is InChI=1S/C22H27N5/c1-15-5-7-19-18(12-15)22(23)25-21(24-19)14-26-8-10-27(11-9-26)20-13-16(2)4-6-17(20)3/h4-7,12-13H,8-11,14H2,1-3H3,(H2,23,24,25). The molecule has 0 unspecified atom stereocenters. The van der Waals surface area contributed by atoms with Gasteiger partial charge in [0.1, 0.15) is 11.6 Å². The summed E-state index contributed by atoms with van der Waals surface area (Å²) in [5, 5.41) is 0.943. The molecule has 1 aliphatic heterocycles. The van der Waals surface area contributed by atoms with Crippen LogP contribution in [-0.4, -0.2) is 41.0 Å². The zero-order valence-corrected chi connectivity index (χ0v) is 16.4. The molecule has 2 heterocycles. The predicted octanol–water partition coefficient (Wildman–Crippen LogP) is 3.46. The number of aryl methyl sites for hydroxylation is 3. The fourth-order valence-corrected chi connectivity index (χ4v) is 3.79. The molecule has 2 N–H and O–H groups in total. The van der Waals surface area contributed by atoms with Gasteiger partial charge in [-0.3, -0.25) is 4.90 Å². The Hall–Kier alpha value is -2.66. The number of hydrogen-bond donors (Lipinski definition) is 1. The summed E-state index contributed by atoms with van der Waals surface area (Å²) in [5.41, 5.74) is 12.3. The maximum Gasteiger partial charge on any atom is 0.145 e. The van der Waals surface area contributed by atoms with E-state index in [4.69, 9.17) is 10.7 Å². The number of nitrogens with two attached hydrogens (primary N) is 1. The molecule has 1 fully saturated rings. The smallest absolute Gasteiger partial charge is 0.145 e. The first-order valence-electron chi connectivity index (χ1n) is 9.57. The lowest BCUT2D eigenvalue weighted by Crippen LogP contribution is -2.46. The van der Waals surface area contributed by atoms with E-state index in [0.717, 1.165) is 49.5 Å². The molecule has 0 atom stereocenters. The quantitative estimate of drug-likeness (QED) is 0.774. The third kappa shape index (κ3) is 3.74. The second-order valence-electron chi connectivity index (χ2n) is 7.60. The molecule has 0 spiro atoms. The predicted molar refractivity (Wildman–Crippen MR) is 112 cm³/mol. The summed E-state index contributed by atoms with van der Waals surface area (Å²) in [6, 6.07) is 12.8. The third-order valence-corrected chi connectivity index (χ3v) is 5.37. The molecule has 1 aromatic heterocycles. The maximum absolute atomic E-state index is 6.18. The van der Waals surface area contributed by atoms with E-state index in [1.165, 1.54) is 22.4 Å². The van der Waals surface area contributed by atoms with Crippen LogP contribution in [0.3, 0.4) is 0 Å². The summed E-state index contributed by atoms with van der Waals surface area (Å²) in [6.45, 7) is 11.2. The lowest BCUT2D eigenvalue weighted by atomic mass is 10.1. The molecule has 0 amide bonds. The van der Waals surface area contributed by atoms with Crippen LogP contribution in [0.2, 0.25) is 0 Å². The minimum Gasteiger partial charge on any atom is -0.383 e. The molecule has 5 heteroatoms. The summed E-state index contributed by atoms with van der Waals surface area (Å²) in [5.74, 6) is 1.39. The Kier molecular flexibility index (Phi) is 4.70. The van der Waals surface area contributed by atoms with Crippen LogP contribution < -0.4 is 10.6 Å². The minimum absolute atomic E-state index is 0.577. The normalized spacial score (nSPS) is 15.4. The second kappa shape index (κ2) is 7.16. The molecule has 4 rings (SSSR count). The highest BCUT2D eigenvalue weighted by molar-refractivity contribution is 5.88. The Balaban J connectivity index is 1.45. The molecular formula is C22H27N5. The molecule has 140 valence electrons. The van der Waals surface area contributed by atoms with E-state index in [1.807, 2.05) is 6.07 Å². The van der Waals surface area contributed by atoms with Gasteiger partial charge in [-0.15, -0.1) is 0 Å². The maximum atomic E-state index is 6.18. The van der Waals surface area contributed by atoms with Gasteiger partial charge < -0.3 is 10.6 Å². The number of rotatable bonds is 3. The van der Waals surface area contributed by atoms with Crippen molar-refractivity contribution in [1.82, 2.24) is 14.9 Å². The molecule has 1 aliphatic rings. The van der Waals surface area contributed by atoms with E-state index < -0.39 is 0 Å². The Morgan fingerprint density at radius 2 is 1.59 bits per heavy atom. The van der Waals surface area contributed by atoms with Crippen LogP contribution in [0.5, 0.6) is 0 Å². The Morgan fingerprint density at radius 3 is 2.37 bits per heavy atom. The molecule has 5 nitrogen and oxygen atoms in total. The van der Waals surface area contributed by atoms with Crippen molar-refractivity contribution in [2.75, 3.05) is 36.8 Å². The topological polar surface area (TPSA) is 58.3 Å². The third-order valence-electron chi connectivity index (χ3n) is 5.37. The van der Waals surface area contributed by atoms with E-state index in [0.29, 0.717) is 5.82 Å². The molecule has 0 saturated carbocycles. The van der Waals surface area contributed by atoms with Gasteiger partial charge >= 0.3 is 0 Å². The van der Waals surface area contributed by atoms with Crippen molar-refractivity contribution < 1.29 is 0 Å². The van der Waals surface area contributed by atoms with Crippen molar-refractivity contribution in [2.45, 2.75) is 27.3 Å². The lowest BCUT2D eigenvalue weighted by molar-refractivity contribution is 0.244. The van der Waals surface area contributed by atoms with Crippen LogP contribution in [0.1, 0.15) is 22.5 Å². The van der Waals surface area contributed by atoms with Crippen molar-refractivity contribution in [3.63, 3.8) is 0 Å². The second-order valence-corrected chi connectivity index (χ2v) is 7.60. The van der Waals surface area contributed by atoms with Gasteiger partial charge in [0.2, 0.25) is 0 Å². The molecular weight excluding hydrogens is 334 g/mol. The lowest BCUT2D eigenvalue weighted by Gasteiger charge is -2.36. The van der Waals surface area contributed by atoms with E-state index in [2.05, 4.69) is 65.9 Å². The van der Waals surface area contributed by atoms with Crippen LogP contribution in [0.25, 0.3) is 10.9 Å². The Morgan fingerprint density at radius 1 is 0.889 bits per heavy atom. The summed E-state index contributed by atoms with van der Waals surface area (Å²) in [7, 11) is 0. The van der Waals surface area contributed by atoms with E-state index in [-0.39, 0.29) is 0 Å². The minimum atomic E-state index is 0.577. The SMILES string of the molecule is Cc1ccc(C)c(N2CCN(Cc3nc(N)c4cc(C)ccc4n3)CC2)c1. The molecule has 3 aromatic rings. The summed E-state index contributed by atoms with van der Waals surface area (Å²) < 4.78 is 0. The fraction of sp³-hybridized carbons (Fsp3) is 0.364. The zero-order valence-electron chi connectivity index (χ0n) is 16.4. The molecule has 0 aliphatic carbocycles. The number of aromatic nitrogens is 2. The molecule has 1 saturated heterocycles. The highest BCUT2D eigenvalue weighted by Gasteiger charge is 2.20. The summed E-state index contributed by atoms with van der Waals surface area (Å²) in [6.07, 6.45) is 0. The summed E-state index contributed by atoms with van der Waals surface area (Å²) in [4.78, 5) is 14.2. The van der Waals surface area contributed by atoms with Crippen LogP contribution in [0.4, 0.5) is 11.5 Å². The van der Waals surface area contributed by atoms with Gasteiger partial charge in [-0.05, 0) is 50.1 Å². The van der Waals surface area contributed by atoms with E-state index in [1.54, 1.807) is 0 Å². The first-order chi connectivity index (χ1) is 13.0. The number of benzene rings is 2. The van der Waals surface area contributed by atoms with Crippen molar-refractivity contribution in [2.24, 2.45) is 0 Å². The average molecular weight is 361 g/mol. The molecule has 0 radical (unpaired) electrons. The molecule has 0 bridgehead atoms. The number of nitrogens with zero attached hydrogens (tertiary/aromatic N) is 4. The van der Waals surface area contributed by atoms with Crippen molar-refractivity contribution in [3.8, 4) is 0 Å². The number of nitrogen functional groups attached to an aromatic ring is 1. The molecule has 2 aromatic carbocycles. The van der Waals surface area contributed by atoms with Gasteiger partial charge in [-0.25, -0.2) is 9.97 Å². The van der Waals surface area contributed by atoms with Crippen molar-refractivity contribution in [1.29, 1.82) is 0 Å². The number of piperazine rings is 1. The van der Waals surface area contributed by atoms with E-state index >= 15 is 0 Å². The van der Waals surface area contributed by atoms with Gasteiger partial charge in [0.05, 0.1) is 12.1 Å². The largest absolute Gasteiger partial charge is 0.383 e. The summed E-state index contributed by atoms with van der Waals surface area (Å²) >= 11 is 0.